The molecule has 2 aliphatic rings. The fourth-order valence-corrected chi connectivity index (χ4v) is 5.07. The van der Waals surface area contributed by atoms with Crippen molar-refractivity contribution >= 4 is 40.0 Å². The largest absolute Gasteiger partial charge is 0.369 e. The molecular weight excluding hydrogens is 358 g/mol. The van der Waals surface area contributed by atoms with Gasteiger partial charge in [-0.15, -0.1) is 10.2 Å². The summed E-state index contributed by atoms with van der Waals surface area (Å²) in [6, 6.07) is 0. The number of nitrogens with zero attached hydrogens (tertiary/aromatic N) is 4. The van der Waals surface area contributed by atoms with Crippen molar-refractivity contribution in [3.63, 3.8) is 0 Å². The quantitative estimate of drug-likeness (QED) is 0.752. The first-order valence-corrected chi connectivity index (χ1v) is 10.7. The van der Waals surface area contributed by atoms with E-state index < -0.39 is 0 Å². The van der Waals surface area contributed by atoms with Gasteiger partial charge >= 0.3 is 0 Å². The van der Waals surface area contributed by atoms with Crippen molar-refractivity contribution < 1.29 is 9.59 Å². The fourth-order valence-electron chi connectivity index (χ4n) is 3.44. The second kappa shape index (κ2) is 8.84. The molecule has 25 heavy (non-hydrogen) atoms. The number of aromatic nitrogens is 2. The Morgan fingerprint density at radius 2 is 1.84 bits per heavy atom. The van der Waals surface area contributed by atoms with E-state index in [0.29, 0.717) is 18.2 Å². The standard InChI is InChI=1S/C16H25N5O2S2/c17-13(22)11-24-16-19-18-15(25-16)21-8-6-20(7-9-21)14(23)10-12-4-2-1-3-5-12/h12H,1-11H2,(H2,17,22). The number of carbonyl (C=O) groups excluding carboxylic acids is 2. The number of thioether (sulfide) groups is 1. The summed E-state index contributed by atoms with van der Waals surface area (Å²) in [6.07, 6.45) is 7.01. The lowest BCUT2D eigenvalue weighted by atomic mass is 9.86. The van der Waals surface area contributed by atoms with Crippen LogP contribution in [0.3, 0.4) is 0 Å². The Hall–Kier alpha value is -1.35. The highest BCUT2D eigenvalue weighted by molar-refractivity contribution is 8.01. The predicted octanol–water partition coefficient (Wildman–Crippen LogP) is 1.73. The first-order chi connectivity index (χ1) is 12.1. The Morgan fingerprint density at radius 3 is 2.52 bits per heavy atom. The number of piperazine rings is 1. The van der Waals surface area contributed by atoms with Gasteiger partial charge in [0.15, 0.2) is 4.34 Å². The van der Waals surface area contributed by atoms with Crippen LogP contribution in [0.15, 0.2) is 4.34 Å². The molecule has 0 radical (unpaired) electrons. The van der Waals surface area contributed by atoms with E-state index in [4.69, 9.17) is 5.73 Å². The highest BCUT2D eigenvalue weighted by Gasteiger charge is 2.25. The maximum absolute atomic E-state index is 12.5. The van der Waals surface area contributed by atoms with Crippen molar-refractivity contribution in [2.75, 3.05) is 36.8 Å². The van der Waals surface area contributed by atoms with Gasteiger partial charge in [-0.2, -0.15) is 0 Å². The van der Waals surface area contributed by atoms with E-state index in [1.165, 1.54) is 55.2 Å². The van der Waals surface area contributed by atoms with E-state index >= 15 is 0 Å². The summed E-state index contributed by atoms with van der Waals surface area (Å²) in [5, 5.41) is 9.15. The van der Waals surface area contributed by atoms with Gasteiger partial charge in [0.1, 0.15) is 0 Å². The summed E-state index contributed by atoms with van der Waals surface area (Å²) in [7, 11) is 0. The first-order valence-electron chi connectivity index (χ1n) is 8.89. The molecular formula is C16H25N5O2S2. The van der Waals surface area contributed by atoms with Crippen LogP contribution in [0.5, 0.6) is 0 Å². The van der Waals surface area contributed by atoms with Crippen LogP contribution in [-0.4, -0.2) is 58.8 Å². The van der Waals surface area contributed by atoms with Crippen LogP contribution in [0.25, 0.3) is 0 Å². The maximum atomic E-state index is 12.5. The van der Waals surface area contributed by atoms with Gasteiger partial charge in [0.2, 0.25) is 16.9 Å². The molecule has 1 aliphatic heterocycles. The van der Waals surface area contributed by atoms with E-state index in [-0.39, 0.29) is 11.7 Å². The predicted molar refractivity (Wildman–Crippen MR) is 99.8 cm³/mol. The summed E-state index contributed by atoms with van der Waals surface area (Å²) in [4.78, 5) is 27.5. The van der Waals surface area contributed by atoms with E-state index in [9.17, 15) is 9.59 Å². The minimum absolute atomic E-state index is 0.220. The van der Waals surface area contributed by atoms with Crippen LogP contribution in [0.1, 0.15) is 38.5 Å². The first kappa shape index (κ1) is 18.4. The highest BCUT2D eigenvalue weighted by atomic mass is 32.2. The Balaban J connectivity index is 1.45. The number of hydrogen-bond donors (Lipinski definition) is 1. The third-order valence-corrected chi connectivity index (χ3v) is 6.96. The summed E-state index contributed by atoms with van der Waals surface area (Å²) < 4.78 is 0.754. The van der Waals surface area contributed by atoms with Crippen molar-refractivity contribution in [2.45, 2.75) is 42.9 Å². The number of amides is 2. The van der Waals surface area contributed by atoms with E-state index in [0.717, 1.165) is 35.7 Å². The second-order valence-electron chi connectivity index (χ2n) is 6.68. The Morgan fingerprint density at radius 1 is 1.12 bits per heavy atom. The van der Waals surface area contributed by atoms with Crippen molar-refractivity contribution in [2.24, 2.45) is 11.7 Å². The van der Waals surface area contributed by atoms with E-state index in [2.05, 4.69) is 15.1 Å². The van der Waals surface area contributed by atoms with Gasteiger partial charge in [0, 0.05) is 32.6 Å². The SMILES string of the molecule is NC(=O)CSc1nnc(N2CCN(C(=O)CC3CCCCC3)CC2)s1. The van der Waals surface area contributed by atoms with E-state index in [1.807, 2.05) is 4.90 Å². The molecule has 1 aromatic heterocycles. The van der Waals surface area contributed by atoms with Gasteiger partial charge in [-0.3, -0.25) is 9.59 Å². The molecule has 1 saturated heterocycles. The third kappa shape index (κ3) is 5.31. The lowest BCUT2D eigenvalue weighted by Crippen LogP contribution is -2.49. The molecule has 2 fully saturated rings. The van der Waals surface area contributed by atoms with Crippen LogP contribution in [0.2, 0.25) is 0 Å². The molecule has 7 nitrogen and oxygen atoms in total. The number of carbonyl (C=O) groups is 2. The average Bonchev–Trinajstić information content (AvgIpc) is 3.10. The Bertz CT molecular complexity index is 595. The topological polar surface area (TPSA) is 92.4 Å². The zero-order valence-electron chi connectivity index (χ0n) is 14.4. The molecule has 9 heteroatoms. The highest BCUT2D eigenvalue weighted by Crippen LogP contribution is 2.29. The lowest BCUT2D eigenvalue weighted by Gasteiger charge is -2.35. The fraction of sp³-hybridized carbons (Fsp3) is 0.750. The number of nitrogens with two attached hydrogens (primary N) is 1. The van der Waals surface area contributed by atoms with Gasteiger partial charge in [-0.25, -0.2) is 0 Å². The zero-order valence-corrected chi connectivity index (χ0v) is 16.0. The molecule has 138 valence electrons. The molecule has 0 aromatic carbocycles. The van der Waals surface area contributed by atoms with Crippen molar-refractivity contribution in [3.05, 3.63) is 0 Å². The molecule has 3 rings (SSSR count). The number of rotatable bonds is 6. The summed E-state index contributed by atoms with van der Waals surface area (Å²) in [5.41, 5.74) is 5.15. The Labute approximate surface area is 156 Å². The minimum atomic E-state index is -0.355. The van der Waals surface area contributed by atoms with Crippen LogP contribution < -0.4 is 10.6 Å². The lowest BCUT2D eigenvalue weighted by molar-refractivity contribution is -0.132. The molecule has 1 saturated carbocycles. The van der Waals surface area contributed by atoms with Crippen LogP contribution in [0.4, 0.5) is 5.13 Å². The third-order valence-electron chi connectivity index (χ3n) is 4.82. The molecule has 0 unspecified atom stereocenters. The smallest absolute Gasteiger partial charge is 0.227 e. The number of hydrogen-bond acceptors (Lipinski definition) is 7. The van der Waals surface area contributed by atoms with Gasteiger partial charge < -0.3 is 15.5 Å². The summed E-state index contributed by atoms with van der Waals surface area (Å²) in [6.45, 7) is 3.06. The average molecular weight is 384 g/mol. The molecule has 1 aliphatic carbocycles. The normalized spacial score (nSPS) is 19.2. The van der Waals surface area contributed by atoms with Gasteiger partial charge in [0.05, 0.1) is 5.75 Å². The van der Waals surface area contributed by atoms with Crippen LogP contribution >= 0.6 is 23.1 Å². The van der Waals surface area contributed by atoms with Gasteiger partial charge in [0.25, 0.3) is 0 Å². The molecule has 0 spiro atoms. The van der Waals surface area contributed by atoms with Crippen LogP contribution in [-0.2, 0) is 9.59 Å². The van der Waals surface area contributed by atoms with Crippen molar-refractivity contribution in [1.82, 2.24) is 15.1 Å². The van der Waals surface area contributed by atoms with Crippen molar-refractivity contribution in [1.29, 1.82) is 0 Å². The Kier molecular flexibility index (Phi) is 6.52. The number of primary amides is 1. The molecule has 0 atom stereocenters. The van der Waals surface area contributed by atoms with Gasteiger partial charge in [-0.1, -0.05) is 42.4 Å². The zero-order chi connectivity index (χ0) is 17.6. The van der Waals surface area contributed by atoms with Crippen molar-refractivity contribution in [3.8, 4) is 0 Å². The molecule has 1 aromatic rings. The van der Waals surface area contributed by atoms with E-state index in [1.54, 1.807) is 0 Å². The molecule has 2 heterocycles. The second-order valence-corrected chi connectivity index (χ2v) is 8.86. The summed E-state index contributed by atoms with van der Waals surface area (Å²) >= 11 is 2.79. The van der Waals surface area contributed by atoms with Gasteiger partial charge in [-0.05, 0) is 18.8 Å². The number of anilines is 1. The molecule has 0 bridgehead atoms. The maximum Gasteiger partial charge on any atom is 0.227 e. The molecule has 2 amide bonds. The minimum Gasteiger partial charge on any atom is -0.369 e. The monoisotopic (exact) mass is 383 g/mol. The van der Waals surface area contributed by atoms with Crippen LogP contribution in [0, 0.1) is 5.92 Å². The summed E-state index contributed by atoms with van der Waals surface area (Å²) in [5.74, 6) is 0.763. The molecule has 2 N–H and O–H groups in total.